The van der Waals surface area contributed by atoms with E-state index in [2.05, 4.69) is 17.3 Å². The van der Waals surface area contributed by atoms with Crippen LogP contribution in [0.5, 0.6) is 0 Å². The number of benzene rings is 1. The summed E-state index contributed by atoms with van der Waals surface area (Å²) in [6.45, 7) is 2.57. The van der Waals surface area contributed by atoms with E-state index in [0.717, 1.165) is 25.9 Å². The summed E-state index contributed by atoms with van der Waals surface area (Å²) in [4.78, 5) is 24.8. The summed E-state index contributed by atoms with van der Waals surface area (Å²) in [6, 6.07) is 4.40. The van der Waals surface area contributed by atoms with E-state index in [-0.39, 0.29) is 16.9 Å². The predicted molar refractivity (Wildman–Crippen MR) is 80.1 cm³/mol. The summed E-state index contributed by atoms with van der Waals surface area (Å²) < 4.78 is 0. The molecule has 1 amide bonds. The first-order valence-corrected chi connectivity index (χ1v) is 6.98. The van der Waals surface area contributed by atoms with Gasteiger partial charge in [-0.1, -0.05) is 6.07 Å². The third-order valence-electron chi connectivity index (χ3n) is 3.88. The van der Waals surface area contributed by atoms with E-state index in [9.17, 15) is 14.9 Å². The van der Waals surface area contributed by atoms with Gasteiger partial charge in [0.25, 0.3) is 5.91 Å². The lowest BCUT2D eigenvalue weighted by molar-refractivity contribution is -0.384. The first-order valence-electron chi connectivity index (χ1n) is 6.98. The molecule has 0 aliphatic carbocycles. The Balaban J connectivity index is 2.01. The summed E-state index contributed by atoms with van der Waals surface area (Å²) in [5, 5.41) is 13.8. The van der Waals surface area contributed by atoms with Crippen molar-refractivity contribution in [2.75, 3.05) is 32.4 Å². The van der Waals surface area contributed by atoms with Crippen LogP contribution in [0.2, 0.25) is 0 Å². The van der Waals surface area contributed by atoms with E-state index >= 15 is 0 Å². The molecule has 114 valence electrons. The third-order valence-corrected chi connectivity index (χ3v) is 3.88. The van der Waals surface area contributed by atoms with Crippen molar-refractivity contribution in [1.29, 1.82) is 0 Å². The van der Waals surface area contributed by atoms with Crippen molar-refractivity contribution in [3.63, 3.8) is 0 Å². The molecule has 1 saturated heterocycles. The number of nitrogens with zero attached hydrogens (tertiary/aromatic N) is 2. The minimum Gasteiger partial charge on any atom is -0.393 e. The number of piperidine rings is 1. The van der Waals surface area contributed by atoms with Crippen molar-refractivity contribution >= 4 is 17.3 Å². The molecule has 1 heterocycles. The molecule has 0 spiro atoms. The van der Waals surface area contributed by atoms with Crippen LogP contribution in [0.3, 0.4) is 0 Å². The zero-order valence-corrected chi connectivity index (χ0v) is 12.0. The van der Waals surface area contributed by atoms with Gasteiger partial charge < -0.3 is 16.0 Å². The van der Waals surface area contributed by atoms with Gasteiger partial charge >= 0.3 is 5.69 Å². The van der Waals surface area contributed by atoms with Crippen LogP contribution in [0.1, 0.15) is 23.2 Å². The van der Waals surface area contributed by atoms with Crippen molar-refractivity contribution in [2.45, 2.75) is 12.8 Å². The second-order valence-electron chi connectivity index (χ2n) is 5.46. The molecule has 0 bridgehead atoms. The highest BCUT2D eigenvalue weighted by molar-refractivity contribution is 6.00. The maximum atomic E-state index is 12.1. The number of nitro groups is 1. The number of nitro benzene ring substituents is 1. The molecule has 3 N–H and O–H groups in total. The molecule has 7 heteroatoms. The number of para-hydroxylation sites is 1. The van der Waals surface area contributed by atoms with E-state index in [1.807, 2.05) is 0 Å². The smallest absolute Gasteiger partial charge is 0.304 e. The average molecular weight is 292 g/mol. The fourth-order valence-electron chi connectivity index (χ4n) is 2.55. The van der Waals surface area contributed by atoms with E-state index in [1.54, 1.807) is 6.07 Å². The quantitative estimate of drug-likeness (QED) is 0.494. The van der Waals surface area contributed by atoms with Gasteiger partial charge in [-0.25, -0.2) is 0 Å². The van der Waals surface area contributed by atoms with Gasteiger partial charge in [-0.05, 0) is 51.0 Å². The Kier molecular flexibility index (Phi) is 4.74. The van der Waals surface area contributed by atoms with Gasteiger partial charge in [0, 0.05) is 6.54 Å². The molecular weight excluding hydrogens is 272 g/mol. The van der Waals surface area contributed by atoms with Gasteiger partial charge in [0.2, 0.25) is 0 Å². The average Bonchev–Trinajstić information content (AvgIpc) is 2.45. The lowest BCUT2D eigenvalue weighted by Crippen LogP contribution is -2.37. The number of amides is 1. The lowest BCUT2D eigenvalue weighted by atomic mass is 9.97. The number of anilines is 1. The fraction of sp³-hybridized carbons (Fsp3) is 0.500. The van der Waals surface area contributed by atoms with Gasteiger partial charge in [0.05, 0.1) is 4.92 Å². The second kappa shape index (κ2) is 6.53. The highest BCUT2D eigenvalue weighted by Gasteiger charge is 2.24. The number of carbonyl (C=O) groups is 1. The molecular formula is C14H20N4O3. The molecule has 0 unspecified atom stereocenters. The van der Waals surface area contributed by atoms with Crippen molar-refractivity contribution in [2.24, 2.45) is 5.92 Å². The minimum atomic E-state index is -0.611. The Morgan fingerprint density at radius 1 is 1.48 bits per heavy atom. The van der Waals surface area contributed by atoms with Crippen LogP contribution in [0.4, 0.5) is 11.4 Å². The Morgan fingerprint density at radius 3 is 2.76 bits per heavy atom. The van der Waals surface area contributed by atoms with E-state index < -0.39 is 10.8 Å². The summed E-state index contributed by atoms with van der Waals surface area (Å²) in [5.74, 6) is -0.0156. The van der Waals surface area contributed by atoms with Crippen LogP contribution in [0.25, 0.3) is 0 Å². The van der Waals surface area contributed by atoms with Gasteiger partial charge in [-0.15, -0.1) is 0 Å². The van der Waals surface area contributed by atoms with E-state index in [0.29, 0.717) is 12.5 Å². The monoisotopic (exact) mass is 292 g/mol. The van der Waals surface area contributed by atoms with E-state index in [1.165, 1.54) is 12.1 Å². The summed E-state index contributed by atoms with van der Waals surface area (Å²) in [6.07, 6.45) is 2.05. The second-order valence-corrected chi connectivity index (χ2v) is 5.46. The summed E-state index contributed by atoms with van der Waals surface area (Å²) in [7, 11) is 2.07. The largest absolute Gasteiger partial charge is 0.393 e. The van der Waals surface area contributed by atoms with Crippen LogP contribution in [-0.4, -0.2) is 42.4 Å². The molecule has 0 saturated carbocycles. The highest BCUT2D eigenvalue weighted by atomic mass is 16.6. The lowest BCUT2D eigenvalue weighted by Gasteiger charge is -2.28. The van der Waals surface area contributed by atoms with Gasteiger partial charge in [-0.2, -0.15) is 0 Å². The van der Waals surface area contributed by atoms with Crippen molar-refractivity contribution < 1.29 is 9.72 Å². The molecule has 1 aliphatic heterocycles. The van der Waals surface area contributed by atoms with Gasteiger partial charge in [0.1, 0.15) is 11.3 Å². The van der Waals surface area contributed by atoms with Gasteiger partial charge in [0.15, 0.2) is 0 Å². The Labute approximate surface area is 123 Å². The zero-order chi connectivity index (χ0) is 15.4. The number of rotatable bonds is 4. The molecule has 1 fully saturated rings. The van der Waals surface area contributed by atoms with Crippen LogP contribution in [0.15, 0.2) is 18.2 Å². The summed E-state index contributed by atoms with van der Waals surface area (Å²) in [5.41, 5.74) is 5.29. The standard InChI is InChI=1S/C14H20N4O3/c1-17-7-5-10(6-8-17)9-16-14(19)11-3-2-4-12(15)13(11)18(20)21/h2-4,10H,5-9,15H2,1H3,(H,16,19). The molecule has 0 atom stereocenters. The van der Waals surface area contributed by atoms with Crippen LogP contribution >= 0.6 is 0 Å². The SMILES string of the molecule is CN1CCC(CNC(=O)c2cccc(N)c2[N+](=O)[O-])CC1. The maximum absolute atomic E-state index is 12.1. The highest BCUT2D eigenvalue weighted by Crippen LogP contribution is 2.25. The van der Waals surface area contributed by atoms with Crippen LogP contribution in [-0.2, 0) is 0 Å². The Hall–Kier alpha value is -2.15. The van der Waals surface area contributed by atoms with Crippen LogP contribution < -0.4 is 11.1 Å². The van der Waals surface area contributed by atoms with E-state index in [4.69, 9.17) is 5.73 Å². The number of nitrogens with one attached hydrogen (secondary N) is 1. The Morgan fingerprint density at radius 2 is 2.14 bits per heavy atom. The number of hydrogen-bond donors (Lipinski definition) is 2. The number of nitrogen functional groups attached to an aromatic ring is 1. The molecule has 7 nitrogen and oxygen atoms in total. The third kappa shape index (κ3) is 3.69. The molecule has 1 aromatic rings. The topological polar surface area (TPSA) is 102 Å². The maximum Gasteiger partial charge on any atom is 0.304 e. The molecule has 2 rings (SSSR count). The van der Waals surface area contributed by atoms with Crippen molar-refractivity contribution in [1.82, 2.24) is 10.2 Å². The minimum absolute atomic E-state index is 0.00643. The van der Waals surface area contributed by atoms with Crippen LogP contribution in [0, 0.1) is 16.0 Å². The normalized spacial score (nSPS) is 16.6. The number of nitrogens with two attached hydrogens (primary N) is 1. The summed E-state index contributed by atoms with van der Waals surface area (Å²) >= 11 is 0. The molecule has 0 aromatic heterocycles. The molecule has 1 aromatic carbocycles. The first-order chi connectivity index (χ1) is 9.99. The first kappa shape index (κ1) is 15.2. The zero-order valence-electron chi connectivity index (χ0n) is 12.0. The predicted octanol–water partition coefficient (Wildman–Crippen LogP) is 1.25. The van der Waals surface area contributed by atoms with Crippen molar-refractivity contribution in [3.8, 4) is 0 Å². The Bertz CT molecular complexity index is 539. The molecule has 0 radical (unpaired) electrons. The fourth-order valence-corrected chi connectivity index (χ4v) is 2.55. The number of hydrogen-bond acceptors (Lipinski definition) is 5. The number of likely N-dealkylation sites (tertiary alicyclic amines) is 1. The number of carbonyl (C=O) groups excluding carboxylic acids is 1. The van der Waals surface area contributed by atoms with Crippen molar-refractivity contribution in [3.05, 3.63) is 33.9 Å². The molecule has 21 heavy (non-hydrogen) atoms. The van der Waals surface area contributed by atoms with Gasteiger partial charge in [-0.3, -0.25) is 14.9 Å². The molecule has 1 aliphatic rings.